The van der Waals surface area contributed by atoms with Crippen LogP contribution in [-0.2, 0) is 0 Å². The van der Waals surface area contributed by atoms with Crippen LogP contribution in [0.15, 0.2) is 0 Å². The molecule has 1 aliphatic carbocycles. The molecule has 102 valence electrons. The van der Waals surface area contributed by atoms with Gasteiger partial charge in [-0.05, 0) is 44.4 Å². The van der Waals surface area contributed by atoms with Crippen LogP contribution in [0.5, 0.6) is 0 Å². The lowest BCUT2D eigenvalue weighted by Gasteiger charge is -2.26. The minimum atomic E-state index is -0.538. The lowest BCUT2D eigenvalue weighted by Crippen LogP contribution is -2.42. The molecule has 0 aromatic carbocycles. The van der Waals surface area contributed by atoms with Crippen LogP contribution in [-0.4, -0.2) is 23.3 Å². The van der Waals surface area contributed by atoms with Gasteiger partial charge in [0, 0.05) is 12.6 Å². The van der Waals surface area contributed by atoms with Gasteiger partial charge in [0.2, 0.25) is 0 Å². The fourth-order valence-electron chi connectivity index (χ4n) is 2.69. The highest BCUT2D eigenvalue weighted by atomic mass is 16.3. The zero-order valence-corrected chi connectivity index (χ0v) is 12.1. The lowest BCUT2D eigenvalue weighted by atomic mass is 9.89. The minimum Gasteiger partial charge on any atom is -0.389 e. The van der Waals surface area contributed by atoms with Crippen molar-refractivity contribution in [2.75, 3.05) is 6.54 Å². The number of nitrogens with one attached hydrogen (secondary N) is 1. The summed E-state index contributed by atoms with van der Waals surface area (Å²) in [7, 11) is 0. The molecule has 0 bridgehead atoms. The summed E-state index contributed by atoms with van der Waals surface area (Å²) in [5, 5.41) is 13.6. The SMILES string of the molecule is CCC(C)(O)CNC1CCCC(C(C)C)CC1. The Kier molecular flexibility index (Phi) is 5.94. The normalized spacial score (nSPS) is 30.0. The third-order valence-electron chi connectivity index (χ3n) is 4.49. The smallest absolute Gasteiger partial charge is 0.0741 e. The average molecular weight is 241 g/mol. The Morgan fingerprint density at radius 3 is 2.53 bits per heavy atom. The Balaban J connectivity index is 2.32. The molecule has 2 heteroatoms. The molecule has 1 rings (SSSR count). The van der Waals surface area contributed by atoms with E-state index >= 15 is 0 Å². The molecule has 0 aliphatic heterocycles. The van der Waals surface area contributed by atoms with Gasteiger partial charge in [-0.15, -0.1) is 0 Å². The van der Waals surface area contributed by atoms with Gasteiger partial charge in [-0.3, -0.25) is 0 Å². The first-order valence-electron chi connectivity index (χ1n) is 7.40. The molecule has 3 unspecified atom stereocenters. The third-order valence-corrected chi connectivity index (χ3v) is 4.49. The Morgan fingerprint density at radius 2 is 1.94 bits per heavy atom. The van der Waals surface area contributed by atoms with Crippen molar-refractivity contribution in [3.8, 4) is 0 Å². The molecular formula is C15H31NO. The number of rotatable bonds is 5. The van der Waals surface area contributed by atoms with Crippen molar-refractivity contribution < 1.29 is 5.11 Å². The standard InChI is InChI=1S/C15H31NO/c1-5-15(4,17)11-16-14-8-6-7-13(9-10-14)12(2)3/h12-14,16-17H,5-11H2,1-4H3. The molecule has 0 heterocycles. The van der Waals surface area contributed by atoms with E-state index in [0.717, 1.165) is 24.8 Å². The largest absolute Gasteiger partial charge is 0.389 e. The lowest BCUT2D eigenvalue weighted by molar-refractivity contribution is 0.0522. The number of hydrogen-bond acceptors (Lipinski definition) is 2. The molecule has 0 spiro atoms. The first kappa shape index (κ1) is 15.0. The van der Waals surface area contributed by atoms with Crippen LogP contribution < -0.4 is 5.32 Å². The highest BCUT2D eigenvalue weighted by Crippen LogP contribution is 2.28. The minimum absolute atomic E-state index is 0.538. The Bertz CT molecular complexity index is 213. The van der Waals surface area contributed by atoms with Gasteiger partial charge < -0.3 is 10.4 Å². The molecular weight excluding hydrogens is 210 g/mol. The summed E-state index contributed by atoms with van der Waals surface area (Å²) in [4.78, 5) is 0. The van der Waals surface area contributed by atoms with E-state index in [1.807, 2.05) is 13.8 Å². The van der Waals surface area contributed by atoms with E-state index in [2.05, 4.69) is 19.2 Å². The molecule has 17 heavy (non-hydrogen) atoms. The number of hydrogen-bond donors (Lipinski definition) is 2. The van der Waals surface area contributed by atoms with Crippen molar-refractivity contribution in [1.82, 2.24) is 5.32 Å². The second-order valence-corrected chi connectivity index (χ2v) is 6.44. The fraction of sp³-hybridized carbons (Fsp3) is 1.00. The first-order chi connectivity index (χ1) is 7.94. The van der Waals surface area contributed by atoms with E-state index in [1.54, 1.807) is 0 Å². The highest BCUT2D eigenvalue weighted by Gasteiger charge is 2.23. The van der Waals surface area contributed by atoms with Crippen LogP contribution >= 0.6 is 0 Å². The summed E-state index contributed by atoms with van der Waals surface area (Å²) in [6.45, 7) is 9.40. The van der Waals surface area contributed by atoms with Crippen molar-refractivity contribution in [2.45, 2.75) is 77.9 Å². The van der Waals surface area contributed by atoms with Crippen molar-refractivity contribution in [3.05, 3.63) is 0 Å². The summed E-state index contributed by atoms with van der Waals surface area (Å²) in [6.07, 6.45) is 7.46. The van der Waals surface area contributed by atoms with Gasteiger partial charge >= 0.3 is 0 Å². The summed E-state index contributed by atoms with van der Waals surface area (Å²) < 4.78 is 0. The second-order valence-electron chi connectivity index (χ2n) is 6.44. The Hall–Kier alpha value is -0.0800. The van der Waals surface area contributed by atoms with Gasteiger partial charge in [-0.2, -0.15) is 0 Å². The van der Waals surface area contributed by atoms with Crippen molar-refractivity contribution in [1.29, 1.82) is 0 Å². The maximum atomic E-state index is 10.0. The molecule has 2 nitrogen and oxygen atoms in total. The van der Waals surface area contributed by atoms with Crippen molar-refractivity contribution >= 4 is 0 Å². The molecule has 3 atom stereocenters. The molecule has 0 radical (unpaired) electrons. The quantitative estimate of drug-likeness (QED) is 0.724. The average Bonchev–Trinajstić information content (AvgIpc) is 2.52. The van der Waals surface area contributed by atoms with Crippen LogP contribution in [0.4, 0.5) is 0 Å². The zero-order chi connectivity index (χ0) is 12.9. The van der Waals surface area contributed by atoms with E-state index in [9.17, 15) is 5.11 Å². The maximum Gasteiger partial charge on any atom is 0.0741 e. The molecule has 0 aromatic rings. The number of aliphatic hydroxyl groups is 1. The van der Waals surface area contributed by atoms with Gasteiger partial charge in [-0.25, -0.2) is 0 Å². The zero-order valence-electron chi connectivity index (χ0n) is 12.1. The van der Waals surface area contributed by atoms with Gasteiger partial charge in [0.1, 0.15) is 0 Å². The molecule has 2 N–H and O–H groups in total. The predicted octanol–water partition coefficient (Wildman–Crippen LogP) is 3.34. The van der Waals surface area contributed by atoms with E-state index in [1.165, 1.54) is 32.1 Å². The summed E-state index contributed by atoms with van der Waals surface area (Å²) in [5.41, 5.74) is -0.538. The molecule has 1 saturated carbocycles. The highest BCUT2D eigenvalue weighted by molar-refractivity contribution is 4.80. The van der Waals surface area contributed by atoms with Gasteiger partial charge in [0.15, 0.2) is 0 Å². The summed E-state index contributed by atoms with van der Waals surface area (Å²) in [6, 6.07) is 0.622. The van der Waals surface area contributed by atoms with Gasteiger partial charge in [0.05, 0.1) is 5.60 Å². The maximum absolute atomic E-state index is 10.0. The van der Waals surface area contributed by atoms with E-state index < -0.39 is 5.60 Å². The molecule has 0 saturated heterocycles. The van der Waals surface area contributed by atoms with Crippen molar-refractivity contribution in [2.24, 2.45) is 11.8 Å². The van der Waals surface area contributed by atoms with Crippen LogP contribution in [0.2, 0.25) is 0 Å². The van der Waals surface area contributed by atoms with Crippen LogP contribution in [0.1, 0.15) is 66.2 Å². The van der Waals surface area contributed by atoms with Crippen molar-refractivity contribution in [3.63, 3.8) is 0 Å². The fourth-order valence-corrected chi connectivity index (χ4v) is 2.69. The van der Waals surface area contributed by atoms with Gasteiger partial charge in [-0.1, -0.05) is 33.6 Å². The Labute approximate surface area is 107 Å². The second kappa shape index (κ2) is 6.75. The molecule has 0 amide bonds. The first-order valence-corrected chi connectivity index (χ1v) is 7.40. The molecule has 0 aromatic heterocycles. The monoisotopic (exact) mass is 241 g/mol. The summed E-state index contributed by atoms with van der Waals surface area (Å²) >= 11 is 0. The topological polar surface area (TPSA) is 32.3 Å². The van der Waals surface area contributed by atoms with Crippen LogP contribution in [0.3, 0.4) is 0 Å². The van der Waals surface area contributed by atoms with Crippen LogP contribution in [0.25, 0.3) is 0 Å². The van der Waals surface area contributed by atoms with E-state index in [-0.39, 0.29) is 0 Å². The molecule has 1 aliphatic rings. The third kappa shape index (κ3) is 5.39. The van der Waals surface area contributed by atoms with Gasteiger partial charge in [0.25, 0.3) is 0 Å². The van der Waals surface area contributed by atoms with E-state index in [0.29, 0.717) is 6.04 Å². The Morgan fingerprint density at radius 1 is 1.24 bits per heavy atom. The van der Waals surface area contributed by atoms with Crippen LogP contribution in [0, 0.1) is 11.8 Å². The predicted molar refractivity (Wildman–Crippen MR) is 74.1 cm³/mol. The summed E-state index contributed by atoms with van der Waals surface area (Å²) in [5.74, 6) is 1.74. The molecule has 1 fully saturated rings. The van der Waals surface area contributed by atoms with E-state index in [4.69, 9.17) is 0 Å².